The summed E-state index contributed by atoms with van der Waals surface area (Å²) in [7, 11) is 7.14. The van der Waals surface area contributed by atoms with Gasteiger partial charge in [0.05, 0.1) is 22.7 Å². The number of rotatable bonds is 13. The summed E-state index contributed by atoms with van der Waals surface area (Å²) >= 11 is 0. The van der Waals surface area contributed by atoms with Crippen molar-refractivity contribution in [1.82, 2.24) is 34.9 Å². The molecular weight excluding hydrogens is 537 g/mol. The summed E-state index contributed by atoms with van der Waals surface area (Å²) in [6.07, 6.45) is 7.04. The molecule has 0 aliphatic carbocycles. The molecule has 3 rings (SSSR count). The number of unbranched alkanes of at least 4 members (excludes halogenated alkanes) is 1. The SMILES string of the molecule is CCCNc1nc(Nc2ccc3c(F)nn(C)c3c2)ncc1C#CCCCNC(=O)[C@H](C)N(C)C(=O)C=CCN(C)C. The number of nitrogens with zero attached hydrogens (tertiary/aromatic N) is 6. The molecular formula is C30H40FN9O2. The van der Waals surface area contributed by atoms with E-state index in [1.165, 1.54) is 15.7 Å². The van der Waals surface area contributed by atoms with Crippen LogP contribution in [0.3, 0.4) is 0 Å². The van der Waals surface area contributed by atoms with E-state index in [4.69, 9.17) is 0 Å². The summed E-state index contributed by atoms with van der Waals surface area (Å²) in [5, 5.41) is 13.6. The van der Waals surface area contributed by atoms with Gasteiger partial charge in [-0.3, -0.25) is 14.3 Å². The molecule has 2 aromatic heterocycles. The first-order chi connectivity index (χ1) is 20.1. The number of hydrogen-bond acceptors (Lipinski definition) is 8. The zero-order chi connectivity index (χ0) is 30.6. The van der Waals surface area contributed by atoms with Crippen LogP contribution in [-0.4, -0.2) is 88.2 Å². The molecule has 0 bridgehead atoms. The Morgan fingerprint density at radius 3 is 2.74 bits per heavy atom. The maximum atomic E-state index is 13.9. The van der Waals surface area contributed by atoms with Crippen molar-refractivity contribution in [1.29, 1.82) is 0 Å². The number of anilines is 3. The highest BCUT2D eigenvalue weighted by Crippen LogP contribution is 2.23. The van der Waals surface area contributed by atoms with Crippen LogP contribution >= 0.6 is 0 Å². The van der Waals surface area contributed by atoms with E-state index in [2.05, 4.69) is 49.8 Å². The van der Waals surface area contributed by atoms with Crippen LogP contribution in [0.5, 0.6) is 0 Å². The fraction of sp³-hybridized carbons (Fsp3) is 0.433. The summed E-state index contributed by atoms with van der Waals surface area (Å²) in [6, 6.07) is 4.63. The van der Waals surface area contributed by atoms with Crippen LogP contribution in [0.4, 0.5) is 21.8 Å². The van der Waals surface area contributed by atoms with E-state index in [-0.39, 0.29) is 11.8 Å². The van der Waals surface area contributed by atoms with Gasteiger partial charge in [0.1, 0.15) is 11.9 Å². The fourth-order valence-electron chi connectivity index (χ4n) is 3.87. The minimum absolute atomic E-state index is 0.213. The van der Waals surface area contributed by atoms with Gasteiger partial charge in [0.2, 0.25) is 23.7 Å². The number of carbonyl (C=O) groups is 2. The number of nitrogens with one attached hydrogen (secondary N) is 3. The number of benzene rings is 1. The van der Waals surface area contributed by atoms with Crippen LogP contribution in [0.1, 0.15) is 38.7 Å². The summed E-state index contributed by atoms with van der Waals surface area (Å²) in [5.41, 5.74) is 2.03. The van der Waals surface area contributed by atoms with E-state index in [0.29, 0.717) is 59.9 Å². The van der Waals surface area contributed by atoms with E-state index in [1.807, 2.05) is 19.0 Å². The van der Waals surface area contributed by atoms with Gasteiger partial charge < -0.3 is 25.8 Å². The fourth-order valence-corrected chi connectivity index (χ4v) is 3.87. The topological polar surface area (TPSA) is 120 Å². The molecule has 12 heteroatoms. The number of fused-ring (bicyclic) bond motifs is 1. The highest BCUT2D eigenvalue weighted by atomic mass is 19.1. The zero-order valence-corrected chi connectivity index (χ0v) is 25.2. The van der Waals surface area contributed by atoms with Crippen LogP contribution < -0.4 is 16.0 Å². The Bertz CT molecular complexity index is 1470. The number of amides is 2. The second kappa shape index (κ2) is 15.5. The number of halogens is 1. The lowest BCUT2D eigenvalue weighted by Gasteiger charge is -2.23. The van der Waals surface area contributed by atoms with Crippen molar-refractivity contribution in [2.24, 2.45) is 7.05 Å². The smallest absolute Gasteiger partial charge is 0.246 e. The standard InChI is InChI=1S/C30H40FN9O2/c1-7-16-32-28-22(20-34-30(36-28)35-23-14-15-24-25(19-23)40(6)37-27(24)31)12-9-8-10-17-33-29(42)21(2)39(5)26(41)13-11-18-38(3)4/h11,13-15,19-21H,7-8,10,16-18H2,1-6H3,(H,33,42)(H2,32,34,35,36)/t21-/m0/s1. The van der Waals surface area contributed by atoms with Crippen LogP contribution in [0, 0.1) is 17.8 Å². The average molecular weight is 578 g/mol. The number of aryl methyl sites for hydroxylation is 1. The molecule has 0 aliphatic rings. The molecule has 0 aliphatic heterocycles. The minimum atomic E-state index is -0.587. The predicted octanol–water partition coefficient (Wildman–Crippen LogP) is 3.28. The van der Waals surface area contributed by atoms with Crippen molar-refractivity contribution in [2.45, 2.75) is 39.2 Å². The Morgan fingerprint density at radius 2 is 2.00 bits per heavy atom. The van der Waals surface area contributed by atoms with E-state index in [0.717, 1.165) is 13.0 Å². The Morgan fingerprint density at radius 1 is 1.21 bits per heavy atom. The molecule has 0 saturated heterocycles. The third-order valence-corrected chi connectivity index (χ3v) is 6.43. The van der Waals surface area contributed by atoms with Crippen LogP contribution in [0.2, 0.25) is 0 Å². The van der Waals surface area contributed by atoms with Gasteiger partial charge in [0.15, 0.2) is 0 Å². The molecule has 224 valence electrons. The first kappa shape index (κ1) is 32.0. The van der Waals surface area contributed by atoms with Crippen LogP contribution in [0.25, 0.3) is 10.9 Å². The average Bonchev–Trinajstić information content (AvgIpc) is 3.25. The Kier molecular flexibility index (Phi) is 11.8. The summed E-state index contributed by atoms with van der Waals surface area (Å²) in [6.45, 7) is 5.58. The normalized spacial score (nSPS) is 11.8. The number of likely N-dealkylation sites (N-methyl/N-ethyl adjacent to an activating group) is 2. The first-order valence-electron chi connectivity index (χ1n) is 14.0. The second-order valence-corrected chi connectivity index (χ2v) is 10.1. The molecule has 0 radical (unpaired) electrons. The lowest BCUT2D eigenvalue weighted by Crippen LogP contribution is -2.45. The van der Waals surface area contributed by atoms with Gasteiger partial charge in [-0.25, -0.2) is 4.98 Å². The lowest BCUT2D eigenvalue weighted by molar-refractivity contribution is -0.135. The molecule has 3 aromatic rings. The first-order valence-corrected chi connectivity index (χ1v) is 14.0. The Labute approximate surface area is 246 Å². The Hall–Kier alpha value is -4.50. The highest BCUT2D eigenvalue weighted by molar-refractivity contribution is 5.92. The van der Waals surface area contributed by atoms with Gasteiger partial charge in [-0.2, -0.15) is 9.37 Å². The van der Waals surface area contributed by atoms with Crippen molar-refractivity contribution in [2.75, 3.05) is 51.4 Å². The molecule has 0 saturated carbocycles. The van der Waals surface area contributed by atoms with Gasteiger partial charge in [-0.1, -0.05) is 24.8 Å². The molecule has 2 heterocycles. The molecule has 3 N–H and O–H groups in total. The molecule has 11 nitrogen and oxygen atoms in total. The molecule has 2 amide bonds. The quantitative estimate of drug-likeness (QED) is 0.161. The molecule has 0 spiro atoms. The van der Waals surface area contributed by atoms with E-state index in [1.54, 1.807) is 51.5 Å². The van der Waals surface area contributed by atoms with Crippen LogP contribution in [0.15, 0.2) is 36.5 Å². The Balaban J connectivity index is 1.54. The van der Waals surface area contributed by atoms with Crippen molar-refractivity contribution in [3.05, 3.63) is 48.1 Å². The highest BCUT2D eigenvalue weighted by Gasteiger charge is 2.20. The zero-order valence-electron chi connectivity index (χ0n) is 25.2. The van der Waals surface area contributed by atoms with Crippen molar-refractivity contribution >= 4 is 40.2 Å². The largest absolute Gasteiger partial charge is 0.369 e. The van der Waals surface area contributed by atoms with Gasteiger partial charge in [-0.15, -0.1) is 5.10 Å². The monoisotopic (exact) mass is 577 g/mol. The van der Waals surface area contributed by atoms with Crippen molar-refractivity contribution in [3.8, 4) is 11.8 Å². The lowest BCUT2D eigenvalue weighted by atomic mass is 10.2. The van der Waals surface area contributed by atoms with Crippen molar-refractivity contribution < 1.29 is 14.0 Å². The van der Waals surface area contributed by atoms with Gasteiger partial charge in [0, 0.05) is 51.9 Å². The number of carbonyl (C=O) groups excluding carboxylic acids is 2. The predicted molar refractivity (Wildman–Crippen MR) is 164 cm³/mol. The molecule has 0 fully saturated rings. The van der Waals surface area contributed by atoms with Gasteiger partial charge in [-0.05, 0) is 52.1 Å². The maximum absolute atomic E-state index is 13.9. The third-order valence-electron chi connectivity index (χ3n) is 6.43. The summed E-state index contributed by atoms with van der Waals surface area (Å²) < 4.78 is 15.4. The molecule has 42 heavy (non-hydrogen) atoms. The van der Waals surface area contributed by atoms with Gasteiger partial charge >= 0.3 is 0 Å². The van der Waals surface area contributed by atoms with E-state index < -0.39 is 12.0 Å². The third kappa shape index (κ3) is 9.01. The molecule has 1 atom stereocenters. The number of aromatic nitrogens is 4. The molecule has 1 aromatic carbocycles. The van der Waals surface area contributed by atoms with E-state index >= 15 is 0 Å². The maximum Gasteiger partial charge on any atom is 0.246 e. The van der Waals surface area contributed by atoms with Crippen LogP contribution in [-0.2, 0) is 16.6 Å². The van der Waals surface area contributed by atoms with Crippen molar-refractivity contribution in [3.63, 3.8) is 0 Å². The van der Waals surface area contributed by atoms with E-state index in [9.17, 15) is 14.0 Å². The molecule has 0 unspecified atom stereocenters. The minimum Gasteiger partial charge on any atom is -0.369 e. The summed E-state index contributed by atoms with van der Waals surface area (Å²) in [5.74, 6) is 6.31. The van der Waals surface area contributed by atoms with Gasteiger partial charge in [0.25, 0.3) is 0 Å². The second-order valence-electron chi connectivity index (χ2n) is 10.1. The summed E-state index contributed by atoms with van der Waals surface area (Å²) in [4.78, 5) is 37.1. The number of hydrogen-bond donors (Lipinski definition) is 3.